The fourth-order valence-corrected chi connectivity index (χ4v) is 0.839. The van der Waals surface area contributed by atoms with E-state index in [9.17, 15) is 9.59 Å². The third kappa shape index (κ3) is 6.10. The Morgan fingerprint density at radius 3 is 2.38 bits per heavy atom. The normalized spacial score (nSPS) is 14.9. The molecular formula is C8H16N2O3. The summed E-state index contributed by atoms with van der Waals surface area (Å²) >= 11 is 0. The predicted octanol–water partition coefficient (Wildman–Crippen LogP) is -0.439. The summed E-state index contributed by atoms with van der Waals surface area (Å²) in [5, 5.41) is 11.5. The number of rotatable bonds is 6. The molecule has 4 N–H and O–H groups in total. The maximum Gasteiger partial charge on any atom is 0.307 e. The van der Waals surface area contributed by atoms with Gasteiger partial charge in [0.05, 0.1) is 5.92 Å². The number of hydrogen-bond acceptors (Lipinski definition) is 3. The Kier molecular flexibility index (Phi) is 5.06. The molecule has 0 aliphatic carbocycles. The van der Waals surface area contributed by atoms with Crippen LogP contribution in [0.1, 0.15) is 20.3 Å². The summed E-state index contributed by atoms with van der Waals surface area (Å²) in [4.78, 5) is 20.9. The summed E-state index contributed by atoms with van der Waals surface area (Å²) in [5.41, 5.74) is 4.96. The summed E-state index contributed by atoms with van der Waals surface area (Å²) in [5.74, 6) is -1.68. The number of nitrogens with one attached hydrogen (secondary N) is 1. The zero-order chi connectivity index (χ0) is 10.4. The van der Waals surface area contributed by atoms with Gasteiger partial charge in [-0.05, 0) is 6.92 Å². The number of carboxylic acid groups (broad SMARTS) is 1. The molecule has 0 fully saturated rings. The van der Waals surface area contributed by atoms with Gasteiger partial charge < -0.3 is 16.2 Å². The van der Waals surface area contributed by atoms with Crippen LogP contribution < -0.4 is 11.1 Å². The maximum atomic E-state index is 10.5. The van der Waals surface area contributed by atoms with Gasteiger partial charge in [-0.2, -0.15) is 0 Å². The molecule has 0 saturated carbocycles. The number of carboxylic acids is 1. The minimum Gasteiger partial charge on any atom is -0.481 e. The van der Waals surface area contributed by atoms with Crippen molar-refractivity contribution in [1.82, 2.24) is 5.32 Å². The van der Waals surface area contributed by atoms with Crippen LogP contribution in [-0.2, 0) is 9.59 Å². The quantitative estimate of drug-likeness (QED) is 0.527. The molecule has 1 amide bonds. The number of hydrogen-bond donors (Lipinski definition) is 3. The molecule has 2 unspecified atom stereocenters. The molecule has 0 bridgehead atoms. The minimum absolute atomic E-state index is 0.0701. The molecule has 0 aromatic heterocycles. The summed E-state index contributed by atoms with van der Waals surface area (Å²) in [6.07, 6.45) is 0.229. The smallest absolute Gasteiger partial charge is 0.307 e. The lowest BCUT2D eigenvalue weighted by Crippen LogP contribution is -2.35. The SMILES string of the molecule is CC(CC(N)=O)NCC(C)C(=O)O. The van der Waals surface area contributed by atoms with Crippen molar-refractivity contribution in [3.63, 3.8) is 0 Å². The third-order valence-electron chi connectivity index (χ3n) is 1.70. The maximum absolute atomic E-state index is 10.5. The van der Waals surface area contributed by atoms with E-state index in [4.69, 9.17) is 10.8 Å². The topological polar surface area (TPSA) is 92.4 Å². The van der Waals surface area contributed by atoms with E-state index in [0.717, 1.165) is 0 Å². The van der Waals surface area contributed by atoms with Crippen LogP contribution >= 0.6 is 0 Å². The molecule has 0 rings (SSSR count). The average molecular weight is 188 g/mol. The van der Waals surface area contributed by atoms with E-state index in [1.807, 2.05) is 0 Å². The second-order valence-corrected chi connectivity index (χ2v) is 3.22. The lowest BCUT2D eigenvalue weighted by atomic mass is 10.1. The zero-order valence-corrected chi connectivity index (χ0v) is 7.91. The Hall–Kier alpha value is -1.10. The van der Waals surface area contributed by atoms with Gasteiger partial charge in [-0.15, -0.1) is 0 Å². The highest BCUT2D eigenvalue weighted by molar-refractivity contribution is 5.74. The van der Waals surface area contributed by atoms with E-state index >= 15 is 0 Å². The number of nitrogens with two attached hydrogens (primary N) is 1. The van der Waals surface area contributed by atoms with Crippen molar-refractivity contribution in [3.05, 3.63) is 0 Å². The van der Waals surface area contributed by atoms with Crippen LogP contribution in [-0.4, -0.2) is 29.6 Å². The van der Waals surface area contributed by atoms with Crippen LogP contribution in [0, 0.1) is 5.92 Å². The molecule has 76 valence electrons. The number of primary amides is 1. The Morgan fingerprint density at radius 2 is 2.00 bits per heavy atom. The van der Waals surface area contributed by atoms with Crippen LogP contribution in [0.2, 0.25) is 0 Å². The van der Waals surface area contributed by atoms with Crippen molar-refractivity contribution < 1.29 is 14.7 Å². The van der Waals surface area contributed by atoms with Gasteiger partial charge in [0, 0.05) is 19.0 Å². The van der Waals surface area contributed by atoms with Crippen LogP contribution in [0.15, 0.2) is 0 Å². The summed E-state index contributed by atoms with van der Waals surface area (Å²) < 4.78 is 0. The zero-order valence-electron chi connectivity index (χ0n) is 7.91. The van der Waals surface area contributed by atoms with Gasteiger partial charge in [-0.3, -0.25) is 9.59 Å². The summed E-state index contributed by atoms with van der Waals surface area (Å²) in [7, 11) is 0. The second-order valence-electron chi connectivity index (χ2n) is 3.22. The summed E-state index contributed by atoms with van der Waals surface area (Å²) in [6.45, 7) is 3.75. The molecule has 5 nitrogen and oxygen atoms in total. The lowest BCUT2D eigenvalue weighted by molar-refractivity contribution is -0.140. The number of carbonyl (C=O) groups excluding carboxylic acids is 1. The first-order chi connectivity index (χ1) is 5.93. The van der Waals surface area contributed by atoms with E-state index in [1.54, 1.807) is 13.8 Å². The van der Waals surface area contributed by atoms with Crippen molar-refractivity contribution in [1.29, 1.82) is 0 Å². The van der Waals surface area contributed by atoms with Crippen molar-refractivity contribution in [3.8, 4) is 0 Å². The molecule has 2 atom stereocenters. The highest BCUT2D eigenvalue weighted by Crippen LogP contribution is 1.95. The molecule has 0 saturated heterocycles. The van der Waals surface area contributed by atoms with Crippen molar-refractivity contribution >= 4 is 11.9 Å². The number of carbonyl (C=O) groups is 2. The Morgan fingerprint density at radius 1 is 1.46 bits per heavy atom. The van der Waals surface area contributed by atoms with E-state index in [-0.39, 0.29) is 18.4 Å². The number of aliphatic carboxylic acids is 1. The van der Waals surface area contributed by atoms with Crippen molar-refractivity contribution in [2.75, 3.05) is 6.54 Å². The predicted molar refractivity (Wildman–Crippen MR) is 48.1 cm³/mol. The van der Waals surface area contributed by atoms with Gasteiger partial charge in [0.1, 0.15) is 0 Å². The minimum atomic E-state index is -0.848. The van der Waals surface area contributed by atoms with Gasteiger partial charge in [0.2, 0.25) is 5.91 Å². The Balaban J connectivity index is 3.63. The monoisotopic (exact) mass is 188 g/mol. The highest BCUT2D eigenvalue weighted by atomic mass is 16.4. The average Bonchev–Trinajstić information content (AvgIpc) is 1.98. The molecular weight excluding hydrogens is 172 g/mol. The largest absolute Gasteiger partial charge is 0.481 e. The fourth-order valence-electron chi connectivity index (χ4n) is 0.839. The van der Waals surface area contributed by atoms with E-state index < -0.39 is 11.9 Å². The van der Waals surface area contributed by atoms with Gasteiger partial charge in [0.15, 0.2) is 0 Å². The van der Waals surface area contributed by atoms with Crippen molar-refractivity contribution in [2.45, 2.75) is 26.3 Å². The molecule has 13 heavy (non-hydrogen) atoms. The first kappa shape index (κ1) is 11.9. The second kappa shape index (κ2) is 5.53. The van der Waals surface area contributed by atoms with E-state index in [2.05, 4.69) is 5.32 Å². The first-order valence-electron chi connectivity index (χ1n) is 4.18. The van der Waals surface area contributed by atoms with Gasteiger partial charge in [-0.25, -0.2) is 0 Å². The molecule has 0 spiro atoms. The molecule has 0 heterocycles. The standard InChI is InChI=1S/C8H16N2O3/c1-5(8(12)13)4-10-6(2)3-7(9)11/h5-6,10H,3-4H2,1-2H3,(H2,9,11)(H,12,13). The highest BCUT2D eigenvalue weighted by Gasteiger charge is 2.12. The fraction of sp³-hybridized carbons (Fsp3) is 0.750. The van der Waals surface area contributed by atoms with E-state index in [1.165, 1.54) is 0 Å². The van der Waals surface area contributed by atoms with Gasteiger partial charge in [-0.1, -0.05) is 6.92 Å². The Labute approximate surface area is 77.3 Å². The molecule has 5 heteroatoms. The third-order valence-corrected chi connectivity index (χ3v) is 1.70. The van der Waals surface area contributed by atoms with Gasteiger partial charge in [0.25, 0.3) is 0 Å². The van der Waals surface area contributed by atoms with Gasteiger partial charge >= 0.3 is 5.97 Å². The molecule has 0 aromatic rings. The van der Waals surface area contributed by atoms with Crippen LogP contribution in [0.5, 0.6) is 0 Å². The van der Waals surface area contributed by atoms with Crippen LogP contribution in [0.25, 0.3) is 0 Å². The molecule has 0 aliphatic heterocycles. The van der Waals surface area contributed by atoms with Crippen LogP contribution in [0.3, 0.4) is 0 Å². The Bertz CT molecular complexity index is 194. The first-order valence-corrected chi connectivity index (χ1v) is 4.18. The molecule has 0 aliphatic rings. The van der Waals surface area contributed by atoms with Crippen molar-refractivity contribution in [2.24, 2.45) is 11.7 Å². The van der Waals surface area contributed by atoms with Crippen LogP contribution in [0.4, 0.5) is 0 Å². The number of amides is 1. The molecule has 0 aromatic carbocycles. The summed E-state index contributed by atoms with van der Waals surface area (Å²) in [6, 6.07) is -0.0701. The lowest BCUT2D eigenvalue weighted by Gasteiger charge is -2.13. The molecule has 0 radical (unpaired) electrons. The van der Waals surface area contributed by atoms with E-state index in [0.29, 0.717) is 6.54 Å².